The van der Waals surface area contributed by atoms with Crippen LogP contribution in [0.4, 0.5) is 0 Å². The third-order valence-corrected chi connectivity index (χ3v) is 5.84. The third kappa shape index (κ3) is 5.26. The van der Waals surface area contributed by atoms with Crippen molar-refractivity contribution in [1.29, 1.82) is 0 Å². The first-order valence-electron chi connectivity index (χ1n) is 11.0. The number of nitrogens with one attached hydrogen (secondary N) is 1. The molecule has 0 saturated carbocycles. The number of nitrogens with zero attached hydrogens (tertiary/aromatic N) is 2. The van der Waals surface area contributed by atoms with Crippen molar-refractivity contribution >= 4 is 11.8 Å². The van der Waals surface area contributed by atoms with Crippen molar-refractivity contribution in [1.82, 2.24) is 15.2 Å². The molecule has 5 heteroatoms. The Morgan fingerprint density at radius 2 is 1.77 bits per heavy atom. The highest BCUT2D eigenvalue weighted by Gasteiger charge is 2.43. The van der Waals surface area contributed by atoms with E-state index >= 15 is 0 Å². The molecule has 1 saturated heterocycles. The summed E-state index contributed by atoms with van der Waals surface area (Å²) in [5, 5.41) is 3.03. The number of amides is 2. The van der Waals surface area contributed by atoms with Gasteiger partial charge in [0.1, 0.15) is 0 Å². The van der Waals surface area contributed by atoms with E-state index in [1.54, 1.807) is 12.4 Å². The molecule has 1 unspecified atom stereocenters. The molecule has 5 nitrogen and oxygen atoms in total. The molecule has 2 heterocycles. The topological polar surface area (TPSA) is 62.3 Å². The first-order chi connectivity index (χ1) is 14.4. The zero-order valence-electron chi connectivity index (χ0n) is 18.4. The molecule has 160 valence electrons. The van der Waals surface area contributed by atoms with E-state index in [2.05, 4.69) is 48.4 Å². The Labute approximate surface area is 179 Å². The smallest absolute Gasteiger partial charge is 0.228 e. The highest BCUT2D eigenvalue weighted by atomic mass is 16.2. The molecule has 0 spiro atoms. The Morgan fingerprint density at radius 1 is 1.10 bits per heavy atom. The maximum absolute atomic E-state index is 13.1. The molecule has 1 aliphatic rings. The second kappa shape index (κ2) is 9.88. The lowest BCUT2D eigenvalue weighted by atomic mass is 9.74. The first-order valence-corrected chi connectivity index (χ1v) is 11.0. The molecular weight excluding hydrogens is 374 g/mol. The minimum Gasteiger partial charge on any atom is -0.356 e. The Kier molecular flexibility index (Phi) is 7.24. The van der Waals surface area contributed by atoms with Crippen molar-refractivity contribution in [3.05, 3.63) is 54.4 Å². The molecule has 0 radical (unpaired) electrons. The van der Waals surface area contributed by atoms with E-state index in [9.17, 15) is 9.59 Å². The van der Waals surface area contributed by atoms with Crippen molar-refractivity contribution in [3.63, 3.8) is 0 Å². The molecule has 1 aliphatic heterocycles. The van der Waals surface area contributed by atoms with Gasteiger partial charge in [-0.15, -0.1) is 0 Å². The molecule has 1 aromatic heterocycles. The van der Waals surface area contributed by atoms with Gasteiger partial charge in [-0.3, -0.25) is 14.6 Å². The number of aromatic nitrogens is 1. The van der Waals surface area contributed by atoms with E-state index in [-0.39, 0.29) is 11.8 Å². The lowest BCUT2D eigenvalue weighted by Gasteiger charge is -2.42. The van der Waals surface area contributed by atoms with Crippen molar-refractivity contribution in [2.45, 2.75) is 46.5 Å². The standard InChI is InChI=1S/C25H33N3O2/c1-4-27-24(30)25(12-5-15-28(18-25)23(29)16-19(2)3)17-20-6-8-21(9-7-20)22-10-13-26-14-11-22/h6-11,13-14,19H,4-5,12,15-18H2,1-3H3,(H,27,30). The van der Waals surface area contributed by atoms with E-state index in [0.29, 0.717) is 31.8 Å². The van der Waals surface area contributed by atoms with Crippen LogP contribution in [-0.4, -0.2) is 41.3 Å². The lowest BCUT2D eigenvalue weighted by molar-refractivity contribution is -0.142. The van der Waals surface area contributed by atoms with Gasteiger partial charge in [0.15, 0.2) is 0 Å². The predicted molar refractivity (Wildman–Crippen MR) is 120 cm³/mol. The first kappa shape index (κ1) is 22.0. The summed E-state index contributed by atoms with van der Waals surface area (Å²) in [4.78, 5) is 31.8. The minimum atomic E-state index is -0.570. The van der Waals surface area contributed by atoms with Gasteiger partial charge in [-0.2, -0.15) is 0 Å². The monoisotopic (exact) mass is 407 g/mol. The number of hydrogen-bond acceptors (Lipinski definition) is 3. The van der Waals surface area contributed by atoms with Gasteiger partial charge < -0.3 is 10.2 Å². The minimum absolute atomic E-state index is 0.0604. The van der Waals surface area contributed by atoms with E-state index in [1.165, 1.54) is 0 Å². The van der Waals surface area contributed by atoms with Crippen LogP contribution in [0.1, 0.15) is 45.6 Å². The molecule has 2 aromatic rings. The van der Waals surface area contributed by atoms with Crippen molar-refractivity contribution in [2.75, 3.05) is 19.6 Å². The molecule has 3 rings (SSSR count). The molecule has 2 amide bonds. The van der Waals surface area contributed by atoms with E-state index in [1.807, 2.05) is 24.0 Å². The van der Waals surface area contributed by atoms with Crippen LogP contribution in [0.3, 0.4) is 0 Å². The van der Waals surface area contributed by atoms with Crippen LogP contribution in [0, 0.1) is 11.3 Å². The second-order valence-electron chi connectivity index (χ2n) is 8.77. The summed E-state index contributed by atoms with van der Waals surface area (Å²) < 4.78 is 0. The summed E-state index contributed by atoms with van der Waals surface area (Å²) >= 11 is 0. The van der Waals surface area contributed by atoms with Crippen molar-refractivity contribution in [2.24, 2.45) is 11.3 Å². The van der Waals surface area contributed by atoms with Gasteiger partial charge in [0.2, 0.25) is 11.8 Å². The number of piperidine rings is 1. The summed E-state index contributed by atoms with van der Waals surface area (Å²) in [6, 6.07) is 12.4. The maximum atomic E-state index is 13.1. The SMILES string of the molecule is CCNC(=O)C1(Cc2ccc(-c3ccncc3)cc2)CCCN(C(=O)CC(C)C)C1. The number of carbonyl (C=O) groups is 2. The van der Waals surface area contributed by atoms with Crippen LogP contribution in [-0.2, 0) is 16.0 Å². The van der Waals surface area contributed by atoms with Crippen molar-refractivity contribution in [3.8, 4) is 11.1 Å². The lowest BCUT2D eigenvalue weighted by Crippen LogP contribution is -2.54. The largest absolute Gasteiger partial charge is 0.356 e. The summed E-state index contributed by atoms with van der Waals surface area (Å²) in [5.41, 5.74) is 2.81. The molecular formula is C25H33N3O2. The number of pyridine rings is 1. The zero-order valence-corrected chi connectivity index (χ0v) is 18.4. The van der Waals surface area contributed by atoms with E-state index in [4.69, 9.17) is 0 Å². The predicted octanol–water partition coefficient (Wildman–Crippen LogP) is 4.08. The summed E-state index contributed by atoms with van der Waals surface area (Å²) in [6.07, 6.45) is 6.41. The molecule has 0 bridgehead atoms. The molecule has 0 aliphatic carbocycles. The molecule has 1 N–H and O–H groups in total. The Morgan fingerprint density at radius 3 is 2.40 bits per heavy atom. The van der Waals surface area contributed by atoms with Crippen LogP contribution in [0.25, 0.3) is 11.1 Å². The molecule has 1 fully saturated rings. The van der Waals surface area contributed by atoms with Gasteiger partial charge >= 0.3 is 0 Å². The summed E-state index contributed by atoms with van der Waals surface area (Å²) in [6.45, 7) is 7.90. The Balaban J connectivity index is 1.81. The van der Waals surface area contributed by atoms with Crippen LogP contribution >= 0.6 is 0 Å². The second-order valence-corrected chi connectivity index (χ2v) is 8.77. The average Bonchev–Trinajstić information content (AvgIpc) is 2.75. The summed E-state index contributed by atoms with van der Waals surface area (Å²) in [7, 11) is 0. The Bertz CT molecular complexity index is 848. The van der Waals surface area contributed by atoms with Crippen LogP contribution in [0.15, 0.2) is 48.8 Å². The fourth-order valence-corrected chi connectivity index (χ4v) is 4.33. The van der Waals surface area contributed by atoms with Crippen LogP contribution in [0.2, 0.25) is 0 Å². The molecule has 30 heavy (non-hydrogen) atoms. The van der Waals surface area contributed by atoms with Crippen LogP contribution < -0.4 is 5.32 Å². The van der Waals surface area contributed by atoms with E-state index < -0.39 is 5.41 Å². The highest BCUT2D eigenvalue weighted by molar-refractivity contribution is 5.85. The van der Waals surface area contributed by atoms with Crippen LogP contribution in [0.5, 0.6) is 0 Å². The Hall–Kier alpha value is -2.69. The number of rotatable bonds is 7. The fourth-order valence-electron chi connectivity index (χ4n) is 4.33. The number of benzene rings is 1. The maximum Gasteiger partial charge on any atom is 0.228 e. The number of likely N-dealkylation sites (tertiary alicyclic amines) is 1. The van der Waals surface area contributed by atoms with Gasteiger partial charge in [0.05, 0.1) is 5.41 Å². The summed E-state index contributed by atoms with van der Waals surface area (Å²) in [5.74, 6) is 0.538. The average molecular weight is 408 g/mol. The highest BCUT2D eigenvalue weighted by Crippen LogP contribution is 2.35. The van der Waals surface area contributed by atoms with E-state index in [0.717, 1.165) is 36.1 Å². The third-order valence-electron chi connectivity index (χ3n) is 5.84. The normalized spacial score (nSPS) is 19.0. The van der Waals surface area contributed by atoms with Gasteiger partial charge in [-0.1, -0.05) is 38.1 Å². The molecule has 1 aromatic carbocycles. The van der Waals surface area contributed by atoms with Gasteiger partial charge in [0.25, 0.3) is 0 Å². The van der Waals surface area contributed by atoms with Gasteiger partial charge in [-0.05, 0) is 60.9 Å². The van der Waals surface area contributed by atoms with Gasteiger partial charge in [-0.25, -0.2) is 0 Å². The zero-order chi connectivity index (χ0) is 21.6. The fraction of sp³-hybridized carbons (Fsp3) is 0.480. The quantitative estimate of drug-likeness (QED) is 0.752. The van der Waals surface area contributed by atoms with Crippen molar-refractivity contribution < 1.29 is 9.59 Å². The number of carbonyl (C=O) groups excluding carboxylic acids is 2. The molecule has 1 atom stereocenters. The number of hydrogen-bond donors (Lipinski definition) is 1. The van der Waals surface area contributed by atoms with Gasteiger partial charge in [0, 0.05) is 38.4 Å².